The molecule has 0 heterocycles. The average molecular weight is 342 g/mol. The van der Waals surface area contributed by atoms with Crippen LogP contribution in [-0.4, -0.2) is 29.6 Å². The van der Waals surface area contributed by atoms with Gasteiger partial charge in [0.05, 0.1) is 24.6 Å². The molecule has 0 spiro atoms. The molecule has 2 N–H and O–H groups in total. The smallest absolute Gasteiger partial charge is 0.305 e. The van der Waals surface area contributed by atoms with E-state index in [-0.39, 0.29) is 12.3 Å². The van der Waals surface area contributed by atoms with E-state index in [1.807, 2.05) is 0 Å². The second-order valence-electron chi connectivity index (χ2n) is 5.00. The summed E-state index contributed by atoms with van der Waals surface area (Å²) in [6, 6.07) is 5.11. The number of carboxylic acid groups (broad SMARTS) is 1. The van der Waals surface area contributed by atoms with Crippen molar-refractivity contribution in [1.29, 1.82) is 0 Å². The lowest BCUT2D eigenvalue weighted by Gasteiger charge is -2.41. The summed E-state index contributed by atoms with van der Waals surface area (Å²) in [5, 5.41) is 11.8. The Balaban J connectivity index is 2.17. The van der Waals surface area contributed by atoms with Crippen LogP contribution in [0.3, 0.4) is 0 Å². The molecular formula is C14H16BrNO4. The molecule has 2 rings (SSSR count). The highest BCUT2D eigenvalue weighted by Gasteiger charge is 2.40. The Labute approximate surface area is 125 Å². The molecule has 1 aromatic rings. The van der Waals surface area contributed by atoms with E-state index in [2.05, 4.69) is 21.2 Å². The zero-order valence-electron chi connectivity index (χ0n) is 11.1. The van der Waals surface area contributed by atoms with Gasteiger partial charge in [-0.3, -0.25) is 9.59 Å². The Morgan fingerprint density at radius 1 is 1.45 bits per heavy atom. The molecule has 20 heavy (non-hydrogen) atoms. The van der Waals surface area contributed by atoms with E-state index in [0.29, 0.717) is 28.6 Å². The number of carbonyl (C=O) groups is 2. The van der Waals surface area contributed by atoms with E-state index >= 15 is 0 Å². The van der Waals surface area contributed by atoms with Gasteiger partial charge in [0, 0.05) is 4.47 Å². The molecule has 6 heteroatoms. The summed E-state index contributed by atoms with van der Waals surface area (Å²) in [5.41, 5.74) is -0.160. The largest absolute Gasteiger partial charge is 0.497 e. The van der Waals surface area contributed by atoms with Gasteiger partial charge in [0.2, 0.25) is 0 Å². The van der Waals surface area contributed by atoms with Gasteiger partial charge in [-0.2, -0.15) is 0 Å². The second-order valence-corrected chi connectivity index (χ2v) is 5.86. The molecule has 1 fully saturated rings. The Hall–Kier alpha value is -1.56. The van der Waals surface area contributed by atoms with E-state index < -0.39 is 11.5 Å². The molecule has 0 bridgehead atoms. The number of carbonyl (C=O) groups excluding carboxylic acids is 1. The highest BCUT2D eigenvalue weighted by molar-refractivity contribution is 9.10. The van der Waals surface area contributed by atoms with Crippen LogP contribution in [0, 0.1) is 0 Å². The van der Waals surface area contributed by atoms with Crippen LogP contribution in [0.5, 0.6) is 5.75 Å². The molecule has 1 aliphatic rings. The number of rotatable bonds is 5. The normalized spacial score (nSPS) is 16.1. The molecule has 1 saturated carbocycles. The van der Waals surface area contributed by atoms with Crippen molar-refractivity contribution in [2.75, 3.05) is 7.11 Å². The lowest BCUT2D eigenvalue weighted by molar-refractivity contribution is -0.139. The molecule has 0 radical (unpaired) electrons. The van der Waals surface area contributed by atoms with Crippen molar-refractivity contribution >= 4 is 27.8 Å². The van der Waals surface area contributed by atoms with Crippen molar-refractivity contribution in [2.45, 2.75) is 31.2 Å². The topological polar surface area (TPSA) is 75.6 Å². The van der Waals surface area contributed by atoms with Crippen molar-refractivity contribution in [3.63, 3.8) is 0 Å². The molecule has 0 aliphatic heterocycles. The number of methoxy groups -OCH3 is 1. The van der Waals surface area contributed by atoms with Crippen molar-refractivity contribution in [2.24, 2.45) is 0 Å². The standard InChI is InChI=1S/C14H16BrNO4/c1-20-9-3-4-11(15)10(7-9)13(19)16-14(5-2-6-14)8-12(17)18/h3-4,7H,2,5-6,8H2,1H3,(H,16,19)(H,17,18). The van der Waals surface area contributed by atoms with Crippen LogP contribution in [0.4, 0.5) is 0 Å². The number of ether oxygens (including phenoxy) is 1. The number of carboxylic acids is 1. The van der Waals surface area contributed by atoms with Gasteiger partial charge in [0.25, 0.3) is 5.91 Å². The lowest BCUT2D eigenvalue weighted by atomic mass is 9.74. The van der Waals surface area contributed by atoms with Crippen molar-refractivity contribution < 1.29 is 19.4 Å². The summed E-state index contributed by atoms with van der Waals surface area (Å²) >= 11 is 3.33. The van der Waals surface area contributed by atoms with E-state index in [4.69, 9.17) is 9.84 Å². The molecule has 1 aromatic carbocycles. The first-order chi connectivity index (χ1) is 9.46. The van der Waals surface area contributed by atoms with Crippen LogP contribution >= 0.6 is 15.9 Å². The summed E-state index contributed by atoms with van der Waals surface area (Å²) in [7, 11) is 1.53. The molecule has 5 nitrogen and oxygen atoms in total. The van der Waals surface area contributed by atoms with E-state index in [1.165, 1.54) is 7.11 Å². The van der Waals surface area contributed by atoms with Crippen molar-refractivity contribution in [3.05, 3.63) is 28.2 Å². The highest BCUT2D eigenvalue weighted by Crippen LogP contribution is 2.35. The van der Waals surface area contributed by atoms with Crippen molar-refractivity contribution in [1.82, 2.24) is 5.32 Å². The number of hydrogen-bond acceptors (Lipinski definition) is 3. The fourth-order valence-corrected chi connectivity index (χ4v) is 2.78. The fourth-order valence-electron chi connectivity index (χ4n) is 2.35. The average Bonchev–Trinajstić information content (AvgIpc) is 2.36. The number of hydrogen-bond donors (Lipinski definition) is 2. The minimum atomic E-state index is -0.894. The molecule has 0 saturated heterocycles. The van der Waals surface area contributed by atoms with E-state index in [1.54, 1.807) is 18.2 Å². The first-order valence-corrected chi connectivity index (χ1v) is 7.13. The zero-order valence-corrected chi connectivity index (χ0v) is 12.7. The predicted octanol–water partition coefficient (Wildman–Crippen LogP) is 2.58. The van der Waals surface area contributed by atoms with Crippen LogP contribution < -0.4 is 10.1 Å². The van der Waals surface area contributed by atoms with E-state index in [0.717, 1.165) is 6.42 Å². The highest BCUT2D eigenvalue weighted by atomic mass is 79.9. The first kappa shape index (κ1) is 14.8. The van der Waals surface area contributed by atoms with Gasteiger partial charge in [-0.1, -0.05) is 0 Å². The van der Waals surface area contributed by atoms with Crippen LogP contribution in [0.1, 0.15) is 36.0 Å². The van der Waals surface area contributed by atoms with Crippen LogP contribution in [0.25, 0.3) is 0 Å². The van der Waals surface area contributed by atoms with Gasteiger partial charge in [-0.25, -0.2) is 0 Å². The monoisotopic (exact) mass is 341 g/mol. The molecule has 0 aromatic heterocycles. The fraction of sp³-hybridized carbons (Fsp3) is 0.429. The third-order valence-corrected chi connectivity index (χ3v) is 4.29. The second kappa shape index (κ2) is 5.83. The summed E-state index contributed by atoms with van der Waals surface area (Å²) in [4.78, 5) is 23.2. The quantitative estimate of drug-likeness (QED) is 0.862. The van der Waals surface area contributed by atoms with Gasteiger partial charge in [-0.05, 0) is 53.4 Å². The van der Waals surface area contributed by atoms with Gasteiger partial charge in [0.15, 0.2) is 0 Å². The summed E-state index contributed by atoms with van der Waals surface area (Å²) in [6.45, 7) is 0. The lowest BCUT2D eigenvalue weighted by Crippen LogP contribution is -2.54. The summed E-state index contributed by atoms with van der Waals surface area (Å²) in [6.07, 6.45) is 2.30. The third kappa shape index (κ3) is 3.12. The molecule has 1 amide bonds. The maximum Gasteiger partial charge on any atom is 0.305 e. The predicted molar refractivity (Wildman–Crippen MR) is 77.0 cm³/mol. The van der Waals surface area contributed by atoms with Gasteiger partial charge >= 0.3 is 5.97 Å². The van der Waals surface area contributed by atoms with Crippen molar-refractivity contribution in [3.8, 4) is 5.75 Å². The maximum atomic E-state index is 12.3. The van der Waals surface area contributed by atoms with Gasteiger partial charge in [-0.15, -0.1) is 0 Å². The Morgan fingerprint density at radius 2 is 2.15 bits per heavy atom. The molecular weight excluding hydrogens is 326 g/mol. The maximum absolute atomic E-state index is 12.3. The number of halogens is 1. The third-order valence-electron chi connectivity index (χ3n) is 3.60. The molecule has 108 valence electrons. The van der Waals surface area contributed by atoms with E-state index in [9.17, 15) is 9.59 Å². The van der Waals surface area contributed by atoms with Gasteiger partial charge in [0.1, 0.15) is 5.75 Å². The Kier molecular flexibility index (Phi) is 4.32. The number of nitrogens with one attached hydrogen (secondary N) is 1. The minimum absolute atomic E-state index is 0.0413. The SMILES string of the molecule is COc1ccc(Br)c(C(=O)NC2(CC(=O)O)CCC2)c1. The van der Waals surface area contributed by atoms with Crippen LogP contribution in [0.2, 0.25) is 0 Å². The Morgan fingerprint density at radius 3 is 2.65 bits per heavy atom. The van der Waals surface area contributed by atoms with Crippen LogP contribution in [-0.2, 0) is 4.79 Å². The first-order valence-electron chi connectivity index (χ1n) is 6.34. The molecule has 0 atom stereocenters. The minimum Gasteiger partial charge on any atom is -0.497 e. The molecule has 1 aliphatic carbocycles. The van der Waals surface area contributed by atoms with Crippen LogP contribution in [0.15, 0.2) is 22.7 Å². The Bertz CT molecular complexity index is 540. The zero-order chi connectivity index (χ0) is 14.8. The summed E-state index contributed by atoms with van der Waals surface area (Å²) < 4.78 is 5.75. The summed E-state index contributed by atoms with van der Waals surface area (Å²) in [5.74, 6) is -0.592. The number of amides is 1. The number of aliphatic carboxylic acids is 1. The van der Waals surface area contributed by atoms with Gasteiger partial charge < -0.3 is 15.2 Å². The molecule has 0 unspecified atom stereocenters. The number of benzene rings is 1.